The van der Waals surface area contributed by atoms with E-state index in [4.69, 9.17) is 14.6 Å². The number of benzene rings is 3. The lowest BCUT2D eigenvalue weighted by atomic mass is 9.77. The average molecular weight is 812 g/mol. The summed E-state index contributed by atoms with van der Waals surface area (Å²) < 4.78 is 29.2. The number of hydrogen-bond donors (Lipinski definition) is 2. The van der Waals surface area contributed by atoms with Crippen LogP contribution < -0.4 is 9.47 Å². The van der Waals surface area contributed by atoms with Crippen LogP contribution in [-0.2, 0) is 28.2 Å². The summed E-state index contributed by atoms with van der Waals surface area (Å²) in [5.41, 5.74) is 4.17. The van der Waals surface area contributed by atoms with Gasteiger partial charge in [0.05, 0.1) is 19.2 Å². The van der Waals surface area contributed by atoms with Crippen molar-refractivity contribution >= 4 is 11.9 Å². The van der Waals surface area contributed by atoms with Crippen LogP contribution >= 0.6 is 0 Å². The van der Waals surface area contributed by atoms with E-state index in [-0.39, 0.29) is 24.8 Å². The Labute approximate surface area is 350 Å². The van der Waals surface area contributed by atoms with Crippen LogP contribution in [0.15, 0.2) is 66.9 Å². The van der Waals surface area contributed by atoms with Gasteiger partial charge in [-0.2, -0.15) is 0 Å². The minimum absolute atomic E-state index is 0.0162. The maximum Gasteiger partial charge on any atom is 0.303 e. The fourth-order valence-corrected chi connectivity index (χ4v) is 8.20. The fraction of sp³-hybridized carbons (Fsp3) is 0.551. The van der Waals surface area contributed by atoms with Gasteiger partial charge in [0.2, 0.25) is 0 Å². The van der Waals surface area contributed by atoms with Gasteiger partial charge in [-0.1, -0.05) is 133 Å². The summed E-state index contributed by atoms with van der Waals surface area (Å²) in [7, 11) is 1.58. The van der Waals surface area contributed by atoms with Gasteiger partial charge in [-0.3, -0.25) is 14.3 Å². The molecule has 2 N–H and O–H groups in total. The van der Waals surface area contributed by atoms with Crippen molar-refractivity contribution in [3.63, 3.8) is 0 Å². The number of aliphatic carboxylic acids is 2. The van der Waals surface area contributed by atoms with Crippen molar-refractivity contribution in [1.29, 1.82) is 0 Å². The predicted octanol–water partition coefficient (Wildman–Crippen LogP) is 12.3. The first-order valence-corrected chi connectivity index (χ1v) is 22.1. The number of halogens is 1. The number of carbonyl (C=O) groups is 2. The first-order chi connectivity index (χ1) is 28.5. The highest BCUT2D eigenvalue weighted by atomic mass is 19.1. The fourth-order valence-electron chi connectivity index (χ4n) is 8.20. The quantitative estimate of drug-likeness (QED) is 0.0520. The Balaban J connectivity index is 1.13. The van der Waals surface area contributed by atoms with Crippen molar-refractivity contribution in [2.75, 3.05) is 7.11 Å². The molecule has 1 atom stereocenters. The van der Waals surface area contributed by atoms with Crippen molar-refractivity contribution in [3.8, 4) is 22.6 Å². The Morgan fingerprint density at radius 1 is 0.780 bits per heavy atom. The monoisotopic (exact) mass is 811 g/mol. The maximum atomic E-state index is 15.5. The summed E-state index contributed by atoms with van der Waals surface area (Å²) in [6.07, 6.45) is 22.5. The molecule has 3 aromatic carbocycles. The lowest BCUT2D eigenvalue weighted by molar-refractivity contribution is -0.138. The molecule has 1 aromatic heterocycles. The highest BCUT2D eigenvalue weighted by Gasteiger charge is 2.34. The Morgan fingerprint density at radius 3 is 2.03 bits per heavy atom. The summed E-state index contributed by atoms with van der Waals surface area (Å²) in [5.74, 6) is -0.162. The molecular formula is C49H66FN3O6. The summed E-state index contributed by atoms with van der Waals surface area (Å²) in [6, 6.07) is 18.6. The second-order valence-corrected chi connectivity index (χ2v) is 17.1. The van der Waals surface area contributed by atoms with Crippen LogP contribution in [0, 0.1) is 11.7 Å². The Kier molecular flexibility index (Phi) is 17.8. The molecule has 59 heavy (non-hydrogen) atoms. The van der Waals surface area contributed by atoms with Gasteiger partial charge in [-0.05, 0) is 90.1 Å². The number of aryl methyl sites for hydroxylation is 1. The number of ether oxygens (including phenoxy) is 2. The molecule has 0 saturated heterocycles. The third kappa shape index (κ3) is 14.5. The molecular weight excluding hydrogens is 746 g/mol. The second-order valence-electron chi connectivity index (χ2n) is 17.1. The second kappa shape index (κ2) is 23.2. The standard InChI is InChI=1S/C49H66FN3O6/c1-49(2,46-34-53(52-51-46)29-18-16-14-12-10-8-6-4-5-7-9-11-13-15-17-22-47(54)55)44-30-36(23-27-41(44)43-32-39(58-3)26-28-45(43)50)35-59-40-21-19-20-38(31-40)42(33-48(56)57)37-24-25-37/h19-21,23,26-28,30-32,34,37,42H,4-18,22,24-25,29,33,35H2,1-3H3,(H,54,55)(H,56,57). The molecule has 0 amide bonds. The van der Waals surface area contributed by atoms with Gasteiger partial charge in [0.1, 0.15) is 23.9 Å². The van der Waals surface area contributed by atoms with E-state index in [0.717, 1.165) is 79.4 Å². The summed E-state index contributed by atoms with van der Waals surface area (Å²) in [6.45, 7) is 5.27. The molecule has 1 aliphatic carbocycles. The van der Waals surface area contributed by atoms with Crippen LogP contribution in [0.5, 0.6) is 11.5 Å². The minimum atomic E-state index is -0.785. The van der Waals surface area contributed by atoms with Gasteiger partial charge in [-0.15, -0.1) is 5.10 Å². The van der Waals surface area contributed by atoms with Gasteiger partial charge >= 0.3 is 11.9 Å². The molecule has 0 spiro atoms. The number of rotatable bonds is 29. The number of aromatic nitrogens is 3. The molecule has 1 fully saturated rings. The maximum absolute atomic E-state index is 15.5. The van der Waals surface area contributed by atoms with E-state index >= 15 is 4.39 Å². The Hall–Kier alpha value is -4.73. The topological polar surface area (TPSA) is 124 Å². The number of carboxylic acids is 2. The first kappa shape index (κ1) is 45.4. The van der Waals surface area contributed by atoms with E-state index in [1.165, 1.54) is 70.3 Å². The van der Waals surface area contributed by atoms with E-state index in [9.17, 15) is 14.7 Å². The van der Waals surface area contributed by atoms with E-state index in [2.05, 4.69) is 30.2 Å². The average Bonchev–Trinajstić information content (AvgIpc) is 3.95. The number of nitrogens with zero attached hydrogens (tertiary/aromatic N) is 3. The zero-order chi connectivity index (χ0) is 42.0. The van der Waals surface area contributed by atoms with Crippen molar-refractivity contribution in [2.24, 2.45) is 5.92 Å². The SMILES string of the molecule is COc1ccc(F)c(-c2ccc(COc3cccc(C(CC(=O)O)C4CC4)c3)cc2C(C)(C)c2cn(CCCCCCCCCCCCCCCCCC(=O)O)nn2)c1. The van der Waals surface area contributed by atoms with Gasteiger partial charge in [0.15, 0.2) is 0 Å². The molecule has 0 bridgehead atoms. The molecule has 5 rings (SSSR count). The minimum Gasteiger partial charge on any atom is -0.497 e. The van der Waals surface area contributed by atoms with E-state index in [0.29, 0.717) is 29.4 Å². The van der Waals surface area contributed by atoms with Crippen LogP contribution in [0.2, 0.25) is 0 Å². The Bertz CT molecular complexity index is 1920. The zero-order valence-corrected chi connectivity index (χ0v) is 35.6. The molecule has 320 valence electrons. The highest BCUT2D eigenvalue weighted by molar-refractivity contribution is 5.72. The van der Waals surface area contributed by atoms with Crippen molar-refractivity contribution in [1.82, 2.24) is 15.0 Å². The molecule has 0 radical (unpaired) electrons. The number of carboxylic acid groups (broad SMARTS) is 2. The number of unbranched alkanes of at least 4 members (excludes halogenated alkanes) is 14. The van der Waals surface area contributed by atoms with Crippen molar-refractivity contribution < 1.29 is 33.7 Å². The Morgan fingerprint density at radius 2 is 1.42 bits per heavy atom. The molecule has 9 nitrogen and oxygen atoms in total. The number of hydrogen-bond acceptors (Lipinski definition) is 6. The lowest BCUT2D eigenvalue weighted by Crippen LogP contribution is -2.21. The van der Waals surface area contributed by atoms with Crippen molar-refractivity contribution in [3.05, 3.63) is 95.1 Å². The highest BCUT2D eigenvalue weighted by Crippen LogP contribution is 2.45. The largest absolute Gasteiger partial charge is 0.497 e. The first-order valence-electron chi connectivity index (χ1n) is 22.1. The molecule has 10 heteroatoms. The molecule has 0 aliphatic heterocycles. The number of methoxy groups -OCH3 is 1. The van der Waals surface area contributed by atoms with Crippen LogP contribution in [0.25, 0.3) is 11.1 Å². The van der Waals surface area contributed by atoms with Gasteiger partial charge in [0.25, 0.3) is 0 Å². The lowest BCUT2D eigenvalue weighted by Gasteiger charge is -2.27. The van der Waals surface area contributed by atoms with Crippen LogP contribution in [0.1, 0.15) is 164 Å². The van der Waals surface area contributed by atoms with Crippen molar-refractivity contribution in [2.45, 2.75) is 160 Å². The summed E-state index contributed by atoms with van der Waals surface area (Å²) in [5, 5.41) is 27.4. The zero-order valence-electron chi connectivity index (χ0n) is 35.6. The van der Waals surface area contributed by atoms with Gasteiger partial charge < -0.3 is 19.7 Å². The molecule has 1 heterocycles. The third-order valence-electron chi connectivity index (χ3n) is 12.0. The predicted molar refractivity (Wildman–Crippen MR) is 231 cm³/mol. The molecule has 4 aromatic rings. The van der Waals surface area contributed by atoms with Crippen LogP contribution in [-0.4, -0.2) is 44.3 Å². The van der Waals surface area contributed by atoms with Gasteiger partial charge in [-0.25, -0.2) is 4.39 Å². The van der Waals surface area contributed by atoms with E-state index in [1.54, 1.807) is 19.2 Å². The summed E-state index contributed by atoms with van der Waals surface area (Å²) >= 11 is 0. The van der Waals surface area contributed by atoms with Gasteiger partial charge in [0, 0.05) is 30.1 Å². The molecule has 1 saturated carbocycles. The van der Waals surface area contributed by atoms with Crippen LogP contribution in [0.4, 0.5) is 4.39 Å². The summed E-state index contributed by atoms with van der Waals surface area (Å²) in [4.78, 5) is 22.2. The van der Waals surface area contributed by atoms with E-state index < -0.39 is 17.4 Å². The molecule has 1 unspecified atom stereocenters. The molecule has 1 aliphatic rings. The normalized spacial score (nSPS) is 13.4. The van der Waals surface area contributed by atoms with E-state index in [1.807, 2.05) is 47.3 Å². The van der Waals surface area contributed by atoms with Crippen LogP contribution in [0.3, 0.4) is 0 Å². The smallest absolute Gasteiger partial charge is 0.303 e. The third-order valence-corrected chi connectivity index (χ3v) is 12.0.